The second-order valence-electron chi connectivity index (χ2n) is 4.63. The van der Waals surface area contributed by atoms with Crippen LogP contribution in [0.1, 0.15) is 17.5 Å². The summed E-state index contributed by atoms with van der Waals surface area (Å²) in [6, 6.07) is 2.35. The van der Waals surface area contributed by atoms with Gasteiger partial charge >= 0.3 is 6.18 Å². The zero-order valence-corrected chi connectivity index (χ0v) is 9.52. The highest BCUT2D eigenvalue weighted by Crippen LogP contribution is 2.34. The zero-order valence-electron chi connectivity index (χ0n) is 9.52. The molecule has 0 saturated carbocycles. The molecule has 1 aliphatic rings. The maximum absolute atomic E-state index is 13.1. The van der Waals surface area contributed by atoms with E-state index in [1.165, 1.54) is 0 Å². The number of halogens is 4. The van der Waals surface area contributed by atoms with E-state index in [0.717, 1.165) is 18.2 Å². The van der Waals surface area contributed by atoms with Crippen LogP contribution in [0, 0.1) is 5.82 Å². The summed E-state index contributed by atoms with van der Waals surface area (Å²) < 4.78 is 51.3. The first kappa shape index (κ1) is 13.3. The predicted octanol–water partition coefficient (Wildman–Crippen LogP) is 2.11. The summed E-state index contributed by atoms with van der Waals surface area (Å²) in [5.74, 6) is -0.729. The number of alkyl halides is 3. The van der Waals surface area contributed by atoms with E-state index >= 15 is 0 Å². The molecule has 6 heteroatoms. The Balaban J connectivity index is 2.33. The van der Waals surface area contributed by atoms with Gasteiger partial charge in [-0.1, -0.05) is 0 Å². The lowest BCUT2D eigenvalue weighted by atomic mass is 9.91. The molecule has 0 aliphatic carbocycles. The number of rotatable bonds is 2. The topological polar surface area (TPSA) is 32.3 Å². The summed E-state index contributed by atoms with van der Waals surface area (Å²) in [5, 5.41) is 13.0. The van der Waals surface area contributed by atoms with Crippen molar-refractivity contribution in [2.45, 2.75) is 24.6 Å². The maximum atomic E-state index is 13.1. The van der Waals surface area contributed by atoms with Gasteiger partial charge in [-0.2, -0.15) is 13.2 Å². The Labute approximate surface area is 102 Å². The molecular formula is C12H13F4NO. The summed E-state index contributed by atoms with van der Waals surface area (Å²) >= 11 is 0. The Morgan fingerprint density at radius 1 is 1.33 bits per heavy atom. The zero-order chi connectivity index (χ0) is 13.4. The second-order valence-corrected chi connectivity index (χ2v) is 4.63. The van der Waals surface area contributed by atoms with Crippen molar-refractivity contribution in [3.8, 4) is 0 Å². The molecule has 1 heterocycles. The summed E-state index contributed by atoms with van der Waals surface area (Å²) in [6.45, 7) is 0.772. The third-order valence-corrected chi connectivity index (χ3v) is 3.11. The van der Waals surface area contributed by atoms with E-state index in [-0.39, 0.29) is 18.5 Å². The smallest absolute Gasteiger partial charge is 0.388 e. The first-order chi connectivity index (χ1) is 8.30. The van der Waals surface area contributed by atoms with Gasteiger partial charge in [0.2, 0.25) is 0 Å². The maximum Gasteiger partial charge on any atom is 0.416 e. The van der Waals surface area contributed by atoms with Crippen molar-refractivity contribution in [3.05, 3.63) is 35.1 Å². The van der Waals surface area contributed by atoms with E-state index in [1.807, 2.05) is 0 Å². The molecule has 1 aliphatic heterocycles. The van der Waals surface area contributed by atoms with Crippen molar-refractivity contribution >= 4 is 0 Å². The normalized spacial score (nSPS) is 24.5. The minimum absolute atomic E-state index is 0.200. The summed E-state index contributed by atoms with van der Waals surface area (Å²) in [6.07, 6.45) is -4.38. The van der Waals surface area contributed by atoms with Crippen molar-refractivity contribution in [1.82, 2.24) is 5.32 Å². The van der Waals surface area contributed by atoms with Gasteiger partial charge in [0.1, 0.15) is 5.82 Å². The molecule has 0 aromatic heterocycles. The van der Waals surface area contributed by atoms with Gasteiger partial charge in [-0.25, -0.2) is 4.39 Å². The average Bonchev–Trinajstić information content (AvgIpc) is 2.62. The molecule has 1 atom stereocenters. The Morgan fingerprint density at radius 3 is 2.61 bits per heavy atom. The minimum Gasteiger partial charge on any atom is -0.388 e. The molecule has 1 saturated heterocycles. The molecule has 0 amide bonds. The highest BCUT2D eigenvalue weighted by Gasteiger charge is 2.37. The van der Waals surface area contributed by atoms with Crippen molar-refractivity contribution in [2.75, 3.05) is 13.1 Å². The van der Waals surface area contributed by atoms with Crippen molar-refractivity contribution in [2.24, 2.45) is 0 Å². The van der Waals surface area contributed by atoms with E-state index in [4.69, 9.17) is 0 Å². The standard InChI is InChI=1S/C12H13F4NO/c13-9-1-2-10(12(14,15)16)8(5-9)6-11(18)3-4-17-7-11/h1-2,5,17-18H,3-4,6-7H2. The quantitative estimate of drug-likeness (QED) is 0.801. The Kier molecular flexibility index (Phi) is 3.33. The van der Waals surface area contributed by atoms with Gasteiger partial charge in [0.15, 0.2) is 0 Å². The molecule has 18 heavy (non-hydrogen) atoms. The highest BCUT2D eigenvalue weighted by atomic mass is 19.4. The van der Waals surface area contributed by atoms with Crippen LogP contribution in [-0.2, 0) is 12.6 Å². The number of nitrogens with one attached hydrogen (secondary N) is 1. The largest absolute Gasteiger partial charge is 0.416 e. The third-order valence-electron chi connectivity index (χ3n) is 3.11. The predicted molar refractivity (Wildman–Crippen MR) is 57.5 cm³/mol. The fraction of sp³-hybridized carbons (Fsp3) is 0.500. The van der Waals surface area contributed by atoms with Crippen molar-refractivity contribution in [3.63, 3.8) is 0 Å². The summed E-state index contributed by atoms with van der Waals surface area (Å²) in [4.78, 5) is 0. The first-order valence-electron chi connectivity index (χ1n) is 5.59. The lowest BCUT2D eigenvalue weighted by Gasteiger charge is -2.23. The molecular weight excluding hydrogens is 250 g/mol. The fourth-order valence-electron chi connectivity index (χ4n) is 2.22. The average molecular weight is 263 g/mol. The van der Waals surface area contributed by atoms with Crippen LogP contribution in [0.3, 0.4) is 0 Å². The second kappa shape index (κ2) is 4.51. The van der Waals surface area contributed by atoms with Gasteiger partial charge in [-0.3, -0.25) is 0 Å². The van der Waals surface area contributed by atoms with E-state index in [2.05, 4.69) is 5.32 Å². The summed E-state index contributed by atoms with van der Waals surface area (Å²) in [7, 11) is 0. The Bertz CT molecular complexity index is 438. The van der Waals surface area contributed by atoms with E-state index in [1.54, 1.807) is 0 Å². The SMILES string of the molecule is OC1(Cc2cc(F)ccc2C(F)(F)F)CCNC1. The van der Waals surface area contributed by atoms with Crippen LogP contribution in [0.2, 0.25) is 0 Å². The molecule has 1 aromatic carbocycles. The van der Waals surface area contributed by atoms with Gasteiger partial charge in [-0.05, 0) is 36.7 Å². The molecule has 2 rings (SSSR count). The van der Waals surface area contributed by atoms with Crippen LogP contribution in [0.25, 0.3) is 0 Å². The van der Waals surface area contributed by atoms with Crippen LogP contribution >= 0.6 is 0 Å². The fourth-order valence-corrected chi connectivity index (χ4v) is 2.22. The van der Waals surface area contributed by atoms with E-state index < -0.39 is 23.2 Å². The Morgan fingerprint density at radius 2 is 2.06 bits per heavy atom. The molecule has 2 nitrogen and oxygen atoms in total. The van der Waals surface area contributed by atoms with Crippen LogP contribution in [0.4, 0.5) is 17.6 Å². The highest BCUT2D eigenvalue weighted by molar-refractivity contribution is 5.32. The molecule has 1 unspecified atom stereocenters. The van der Waals surface area contributed by atoms with Crippen LogP contribution in [-0.4, -0.2) is 23.8 Å². The number of aliphatic hydroxyl groups is 1. The minimum atomic E-state index is -4.54. The number of benzene rings is 1. The van der Waals surface area contributed by atoms with Crippen LogP contribution < -0.4 is 5.32 Å². The number of hydrogen-bond donors (Lipinski definition) is 2. The van der Waals surface area contributed by atoms with Gasteiger partial charge < -0.3 is 10.4 Å². The van der Waals surface area contributed by atoms with E-state index in [9.17, 15) is 22.7 Å². The van der Waals surface area contributed by atoms with Gasteiger partial charge in [0.05, 0.1) is 11.2 Å². The summed E-state index contributed by atoms with van der Waals surface area (Å²) in [5.41, 5.74) is -2.31. The molecule has 1 aromatic rings. The van der Waals surface area contributed by atoms with Crippen molar-refractivity contribution < 1.29 is 22.7 Å². The lowest BCUT2D eigenvalue weighted by molar-refractivity contribution is -0.138. The van der Waals surface area contributed by atoms with Crippen LogP contribution in [0.15, 0.2) is 18.2 Å². The Hall–Kier alpha value is -1.14. The number of hydrogen-bond acceptors (Lipinski definition) is 2. The molecule has 0 radical (unpaired) electrons. The monoisotopic (exact) mass is 263 g/mol. The lowest BCUT2D eigenvalue weighted by Crippen LogP contribution is -2.34. The molecule has 2 N–H and O–H groups in total. The van der Waals surface area contributed by atoms with Gasteiger partial charge in [0.25, 0.3) is 0 Å². The third kappa shape index (κ3) is 2.81. The first-order valence-corrected chi connectivity index (χ1v) is 5.59. The molecule has 0 bridgehead atoms. The molecule has 0 spiro atoms. The van der Waals surface area contributed by atoms with Gasteiger partial charge in [0, 0.05) is 13.0 Å². The molecule has 1 fully saturated rings. The van der Waals surface area contributed by atoms with Crippen LogP contribution in [0.5, 0.6) is 0 Å². The van der Waals surface area contributed by atoms with Gasteiger partial charge in [-0.15, -0.1) is 0 Å². The van der Waals surface area contributed by atoms with Crippen molar-refractivity contribution in [1.29, 1.82) is 0 Å². The molecule has 100 valence electrons. The van der Waals surface area contributed by atoms with E-state index in [0.29, 0.717) is 13.0 Å². The number of β-amino-alcohol motifs (C(OH)–C–C–N with tert-alkyl or cyclic N) is 1.